The summed E-state index contributed by atoms with van der Waals surface area (Å²) in [4.78, 5) is 187. The van der Waals surface area contributed by atoms with E-state index in [0.29, 0.717) is 0 Å². The maximum atomic E-state index is 14.2. The van der Waals surface area contributed by atoms with Crippen molar-refractivity contribution in [3.63, 3.8) is 0 Å². The molecule has 13 amide bonds. The van der Waals surface area contributed by atoms with Gasteiger partial charge in [-0.3, -0.25) is 67.3 Å². The fourth-order valence-electron chi connectivity index (χ4n) is 8.40. The third kappa shape index (κ3) is 35.4. The molecule has 0 bridgehead atoms. The predicted molar refractivity (Wildman–Crippen MR) is 328 cm³/mol. The average Bonchev–Trinajstić information content (AvgIpc) is 2.07. The number of rotatable bonds is 44. The Bertz CT molecular complexity index is 2430. The van der Waals surface area contributed by atoms with Gasteiger partial charge in [-0.2, -0.15) is 0 Å². The number of carbonyl (C=O) groups is 14. The van der Waals surface area contributed by atoms with Crippen molar-refractivity contribution in [2.24, 2.45) is 45.9 Å². The Morgan fingerprint density at radius 1 is 0.517 bits per heavy atom. The molecule has 0 aromatic carbocycles. The lowest BCUT2D eigenvalue weighted by atomic mass is 9.98. The van der Waals surface area contributed by atoms with Gasteiger partial charge in [0.25, 0.3) is 0 Å². The van der Waals surface area contributed by atoms with Gasteiger partial charge in [0, 0.05) is 38.9 Å². The Hall–Kier alpha value is -8.19. The van der Waals surface area contributed by atoms with E-state index in [-0.39, 0.29) is 126 Å². The van der Waals surface area contributed by atoms with Gasteiger partial charge in [0.1, 0.15) is 59.7 Å². The number of nitrogens with two attached hydrogens (primary N) is 3. The van der Waals surface area contributed by atoms with E-state index in [2.05, 4.69) is 68.8 Å². The molecule has 0 spiro atoms. The molecule has 0 aliphatic carbocycles. The fourth-order valence-corrected chi connectivity index (χ4v) is 8.40. The number of guanidine groups is 1. The second-order valence-corrected chi connectivity index (χ2v) is 23.8. The van der Waals surface area contributed by atoms with Crippen molar-refractivity contribution in [1.29, 1.82) is 0 Å². The summed E-state index contributed by atoms with van der Waals surface area (Å²) in [5, 5.41) is 39.9. The molecule has 0 aliphatic rings. The van der Waals surface area contributed by atoms with Crippen LogP contribution in [0.2, 0.25) is 0 Å². The van der Waals surface area contributed by atoms with Gasteiger partial charge in [0.05, 0.1) is 26.2 Å². The molecule has 0 aromatic heterocycles. The van der Waals surface area contributed by atoms with Crippen molar-refractivity contribution in [2.45, 2.75) is 208 Å². The third-order valence-electron chi connectivity index (χ3n) is 13.2. The molecule has 32 nitrogen and oxygen atoms in total. The number of Topliss-reactive ketones (excluding diaryl/α,β-unsaturated/α-hetero) is 1. The van der Waals surface area contributed by atoms with Gasteiger partial charge >= 0.3 is 12.0 Å². The minimum absolute atomic E-state index is 0.00463. The van der Waals surface area contributed by atoms with Crippen molar-refractivity contribution in [3.8, 4) is 0 Å². The lowest BCUT2D eigenvalue weighted by molar-refractivity contribution is -0.141. The van der Waals surface area contributed by atoms with Crippen LogP contribution < -0.4 is 81.0 Å². The number of aliphatic carboxylic acids is 1. The lowest BCUT2D eigenvalue weighted by Gasteiger charge is -2.31. The molecule has 0 heterocycles. The number of aliphatic imine (C=N–C) groups is 1. The summed E-state index contributed by atoms with van der Waals surface area (Å²) in [5.74, 6) is -11.2. The van der Waals surface area contributed by atoms with Gasteiger partial charge in [-0.25, -0.2) is 4.79 Å². The number of ether oxygens (including phenoxy) is 1. The zero-order valence-corrected chi connectivity index (χ0v) is 54.0. The molecule has 506 valence electrons. The number of amides is 13. The highest BCUT2D eigenvalue weighted by Gasteiger charge is 2.37. The number of carboxylic acid groups (broad SMARTS) is 1. The number of nitrogens with one attached hydrogen (secondary N) is 12. The van der Waals surface area contributed by atoms with Gasteiger partial charge in [-0.1, -0.05) is 62.3 Å². The molecule has 0 saturated carbocycles. The largest absolute Gasteiger partial charge is 0.481 e. The number of primary amides is 1. The van der Waals surface area contributed by atoms with E-state index in [0.717, 1.165) is 0 Å². The van der Waals surface area contributed by atoms with Crippen molar-refractivity contribution in [3.05, 3.63) is 0 Å². The molecule has 19 N–H and O–H groups in total. The summed E-state index contributed by atoms with van der Waals surface area (Å²) >= 11 is 0. The fraction of sp³-hybridized carbons (Fsp3) is 0.737. The molecule has 0 aliphatic heterocycles. The van der Waals surface area contributed by atoms with Crippen LogP contribution >= 0.6 is 0 Å². The number of hydrogen-bond donors (Lipinski definition) is 16. The molecule has 0 rings (SSSR count). The Labute approximate surface area is 521 Å². The van der Waals surface area contributed by atoms with Crippen molar-refractivity contribution in [1.82, 2.24) is 63.8 Å². The summed E-state index contributed by atoms with van der Waals surface area (Å²) < 4.78 is 5.49. The van der Waals surface area contributed by atoms with Crippen LogP contribution in [0.25, 0.3) is 0 Å². The third-order valence-corrected chi connectivity index (χ3v) is 13.2. The van der Waals surface area contributed by atoms with Gasteiger partial charge in [-0.15, -0.1) is 0 Å². The van der Waals surface area contributed by atoms with Gasteiger partial charge in [0.15, 0.2) is 5.96 Å². The second-order valence-electron chi connectivity index (χ2n) is 23.8. The molecule has 0 aromatic rings. The summed E-state index contributed by atoms with van der Waals surface area (Å²) in [6.45, 7) is 20.9. The smallest absolute Gasteiger partial charge is 0.312 e. The first-order valence-corrected chi connectivity index (χ1v) is 30.1. The Morgan fingerprint density at radius 2 is 1.00 bits per heavy atom. The maximum absolute atomic E-state index is 14.2. The Kier molecular flexibility index (Phi) is 38.0. The monoisotopic (exact) mass is 1270 g/mol. The summed E-state index contributed by atoms with van der Waals surface area (Å²) in [6, 6.07) is -11.5. The minimum Gasteiger partial charge on any atom is -0.481 e. The first kappa shape index (κ1) is 80.8. The summed E-state index contributed by atoms with van der Waals surface area (Å²) in [5.41, 5.74) is 14.2. The van der Waals surface area contributed by atoms with E-state index >= 15 is 0 Å². The van der Waals surface area contributed by atoms with Gasteiger partial charge in [-0.05, 0) is 89.9 Å². The van der Waals surface area contributed by atoms with Crippen molar-refractivity contribution in [2.75, 3.05) is 39.4 Å². The zero-order chi connectivity index (χ0) is 68.3. The van der Waals surface area contributed by atoms with E-state index in [1.807, 2.05) is 13.8 Å². The Balaban J connectivity index is 6.26. The number of nitrogens with zero attached hydrogens (tertiary/aromatic N) is 1. The van der Waals surface area contributed by atoms with Crippen LogP contribution in [0.15, 0.2) is 4.99 Å². The highest BCUT2D eigenvalue weighted by atomic mass is 16.5. The number of carbonyl (C=O) groups excluding carboxylic acids is 13. The van der Waals surface area contributed by atoms with Crippen LogP contribution in [0.4, 0.5) is 4.79 Å². The highest BCUT2D eigenvalue weighted by molar-refractivity contribution is 5.99. The van der Waals surface area contributed by atoms with Gasteiger partial charge in [0.2, 0.25) is 65.0 Å². The topological polar surface area (TPSA) is 503 Å². The standard InChI is InChI=1S/C57H102N16O16/c1-14-36(68-46(79)34(10)65-50(83)40(26-31(4)5)71-52(85)42(28-45(77)78)67-44(76)29-64-47(80)37(66-35(11)74)17-15-20-62-55(58)59)49(82)70-41(27-32(6)7)51(84)69-38(18-16-21-63-56(60)88)53(86)73-57(12,13)54(87)72-39(25-30(2)3)48(81)61-22-24-89-23-19-43(75)33(8)9/h30-34,36-42H,14-29H2,1-13H3,(H,61,81)(H,64,80)(H,65,83)(H,66,74)(H,67,76)(H,68,79)(H,69,84)(H,70,82)(H,71,85)(H,72,87)(H,73,86)(H,77,78)(H4,58,59,62)(H3,60,63,88)/t34-,36-,37-,38-,39-,40-,41-,42-/m0/s1. The van der Waals surface area contributed by atoms with Crippen molar-refractivity contribution >= 4 is 88.7 Å². The average molecular weight is 1270 g/mol. The predicted octanol–water partition coefficient (Wildman–Crippen LogP) is -2.81. The number of carboxylic acids is 1. The molecule has 0 fully saturated rings. The Morgan fingerprint density at radius 3 is 1.51 bits per heavy atom. The van der Waals surface area contributed by atoms with Crippen LogP contribution in [-0.4, -0.2) is 187 Å². The first-order chi connectivity index (χ1) is 41.4. The molecule has 32 heteroatoms. The highest BCUT2D eigenvalue weighted by Crippen LogP contribution is 2.13. The number of urea groups is 1. The molecule has 8 atom stereocenters. The molecular weight excluding hydrogens is 1160 g/mol. The van der Waals surface area contributed by atoms with Crippen LogP contribution in [0, 0.1) is 23.7 Å². The second kappa shape index (κ2) is 41.9. The molecule has 89 heavy (non-hydrogen) atoms. The van der Waals surface area contributed by atoms with Crippen LogP contribution in [0.3, 0.4) is 0 Å². The van der Waals surface area contributed by atoms with Crippen LogP contribution in [-0.2, 0) is 67.1 Å². The van der Waals surface area contributed by atoms with E-state index in [9.17, 15) is 72.2 Å². The summed E-state index contributed by atoms with van der Waals surface area (Å²) in [7, 11) is 0. The molecule has 0 saturated heterocycles. The van der Waals surface area contributed by atoms with E-state index in [4.69, 9.17) is 21.9 Å². The van der Waals surface area contributed by atoms with Crippen molar-refractivity contribution < 1.29 is 77.0 Å². The minimum atomic E-state index is -1.76. The molecular formula is C57H102N16O16. The quantitative estimate of drug-likeness (QED) is 0.0166. The molecule has 0 radical (unpaired) electrons. The lowest BCUT2D eigenvalue weighted by Crippen LogP contribution is -2.63. The van der Waals surface area contributed by atoms with E-state index < -0.39 is 144 Å². The maximum Gasteiger partial charge on any atom is 0.312 e. The molecule has 0 unspecified atom stereocenters. The number of hydrogen-bond acceptors (Lipinski definition) is 16. The normalized spacial score (nSPS) is 13.9. The van der Waals surface area contributed by atoms with E-state index in [1.165, 1.54) is 27.7 Å². The number of ketones is 1. The van der Waals surface area contributed by atoms with Gasteiger partial charge < -0.3 is 90.8 Å². The zero-order valence-electron chi connectivity index (χ0n) is 54.0. The van der Waals surface area contributed by atoms with Crippen LogP contribution in [0.1, 0.15) is 154 Å². The summed E-state index contributed by atoms with van der Waals surface area (Å²) in [6.07, 6.45) is -0.158. The first-order valence-electron chi connectivity index (χ1n) is 30.1. The SMILES string of the molecule is CC[C@H](NC(=O)[C@H](C)NC(=O)[C@H](CC(C)C)NC(=O)[C@H](CC(=O)O)NC(=O)CNC(=O)[C@H](CCCN=C(N)N)NC(C)=O)C(=O)N[C@@H](CC(C)C)C(=O)N[C@@H](CCCNC(N)=O)C(=O)NC(C)(C)C(=O)N[C@@H](CC(C)C)C(=O)NCCOCCC(=O)C(C)C. The van der Waals surface area contributed by atoms with E-state index in [1.54, 1.807) is 48.5 Å². The van der Waals surface area contributed by atoms with Crippen LogP contribution in [0.5, 0.6) is 0 Å².